The number of hydrogen-bond donors (Lipinski definition) is 2. The molecule has 0 aliphatic rings. The largest absolute Gasteiger partial charge is 0.310 e. The van der Waals surface area contributed by atoms with Crippen LogP contribution in [0.1, 0.15) is 23.4 Å². The fraction of sp³-hybridized carbons (Fsp3) is 0.286. The van der Waals surface area contributed by atoms with Crippen molar-refractivity contribution < 1.29 is 8.42 Å². The van der Waals surface area contributed by atoms with Crippen LogP contribution in [0.5, 0.6) is 0 Å². The smallest absolute Gasteiger partial charge is 0.238 e. The number of thiophene rings is 1. The maximum absolute atomic E-state index is 11.2. The molecular formula is C14H17BrN2O2S2. The molecule has 1 heterocycles. The molecule has 0 aliphatic carbocycles. The van der Waals surface area contributed by atoms with Gasteiger partial charge in [0.2, 0.25) is 10.0 Å². The Morgan fingerprint density at radius 2 is 1.90 bits per heavy atom. The van der Waals surface area contributed by atoms with Crippen molar-refractivity contribution in [1.29, 1.82) is 0 Å². The lowest BCUT2D eigenvalue weighted by Crippen LogP contribution is -2.21. The van der Waals surface area contributed by atoms with Gasteiger partial charge in [-0.25, -0.2) is 13.6 Å². The Kier molecular flexibility index (Phi) is 5.56. The van der Waals surface area contributed by atoms with Gasteiger partial charge in [-0.3, -0.25) is 0 Å². The zero-order valence-corrected chi connectivity index (χ0v) is 14.8. The molecule has 0 fully saturated rings. The lowest BCUT2D eigenvalue weighted by molar-refractivity contribution is 0.577. The van der Waals surface area contributed by atoms with Gasteiger partial charge in [0.15, 0.2) is 0 Å². The molecule has 0 saturated carbocycles. The molecular weight excluding hydrogens is 372 g/mol. The average molecular weight is 389 g/mol. The molecule has 114 valence electrons. The van der Waals surface area contributed by atoms with E-state index in [9.17, 15) is 8.42 Å². The molecule has 0 saturated heterocycles. The molecule has 3 N–H and O–H groups in total. The second-order valence-electron chi connectivity index (χ2n) is 4.75. The first kappa shape index (κ1) is 16.6. The van der Waals surface area contributed by atoms with E-state index >= 15 is 0 Å². The zero-order chi connectivity index (χ0) is 15.5. The Morgan fingerprint density at radius 3 is 2.43 bits per heavy atom. The Balaban J connectivity index is 1.89. The number of halogens is 1. The molecule has 0 radical (unpaired) electrons. The van der Waals surface area contributed by atoms with Crippen molar-refractivity contribution in [2.24, 2.45) is 5.14 Å². The van der Waals surface area contributed by atoms with Crippen molar-refractivity contribution in [3.63, 3.8) is 0 Å². The number of rotatable bonds is 6. The topological polar surface area (TPSA) is 72.2 Å². The van der Waals surface area contributed by atoms with Gasteiger partial charge in [0.1, 0.15) is 0 Å². The Hall–Kier alpha value is -0.730. The average Bonchev–Trinajstić information content (AvgIpc) is 2.83. The van der Waals surface area contributed by atoms with Crippen LogP contribution in [0.2, 0.25) is 0 Å². The molecule has 1 aromatic heterocycles. The fourth-order valence-corrected chi connectivity index (χ4v) is 3.96. The van der Waals surface area contributed by atoms with Crippen LogP contribution in [0, 0.1) is 0 Å². The van der Waals surface area contributed by atoms with E-state index in [4.69, 9.17) is 5.14 Å². The second-order valence-corrected chi connectivity index (χ2v) is 8.85. The molecule has 4 nitrogen and oxygen atoms in total. The van der Waals surface area contributed by atoms with Gasteiger partial charge in [-0.15, -0.1) is 11.3 Å². The van der Waals surface area contributed by atoms with E-state index in [1.807, 2.05) is 0 Å². The van der Waals surface area contributed by atoms with Crippen molar-refractivity contribution in [2.45, 2.75) is 24.3 Å². The third-order valence-corrected chi connectivity index (χ3v) is 5.77. The third-order valence-electron chi connectivity index (χ3n) is 3.16. The molecule has 1 aromatic carbocycles. The Bertz CT molecular complexity index is 696. The predicted molar refractivity (Wildman–Crippen MR) is 90.0 cm³/mol. The molecule has 1 atom stereocenters. The first-order valence-corrected chi connectivity index (χ1v) is 9.62. The highest BCUT2D eigenvalue weighted by atomic mass is 79.9. The van der Waals surface area contributed by atoms with Gasteiger partial charge in [-0.05, 0) is 59.1 Å². The van der Waals surface area contributed by atoms with Gasteiger partial charge in [0, 0.05) is 17.5 Å². The summed E-state index contributed by atoms with van der Waals surface area (Å²) in [6.07, 6.45) is 0.968. The lowest BCUT2D eigenvalue weighted by Gasteiger charge is -2.14. The highest BCUT2D eigenvalue weighted by molar-refractivity contribution is 9.11. The van der Waals surface area contributed by atoms with Crippen molar-refractivity contribution in [1.82, 2.24) is 5.32 Å². The first-order chi connectivity index (χ1) is 9.86. The summed E-state index contributed by atoms with van der Waals surface area (Å²) in [5, 5.41) is 8.51. The summed E-state index contributed by atoms with van der Waals surface area (Å²) in [6, 6.07) is 11.0. The third kappa shape index (κ3) is 4.89. The minimum Gasteiger partial charge on any atom is -0.310 e. The Labute approximate surface area is 137 Å². The maximum Gasteiger partial charge on any atom is 0.238 e. The SMILES string of the molecule is CC(NCCc1ccc(Br)s1)c1ccc(S(N)(=O)=O)cc1. The zero-order valence-electron chi connectivity index (χ0n) is 11.5. The Morgan fingerprint density at radius 1 is 1.24 bits per heavy atom. The fourth-order valence-electron chi connectivity index (χ4n) is 1.96. The van der Waals surface area contributed by atoms with Gasteiger partial charge in [-0.1, -0.05) is 12.1 Å². The molecule has 0 aliphatic heterocycles. The number of nitrogens with two attached hydrogens (primary N) is 1. The summed E-state index contributed by atoms with van der Waals surface area (Å²) < 4.78 is 23.6. The summed E-state index contributed by atoms with van der Waals surface area (Å²) in [5.74, 6) is 0. The van der Waals surface area contributed by atoms with Crippen molar-refractivity contribution in [3.8, 4) is 0 Å². The van der Waals surface area contributed by atoms with Crippen LogP contribution < -0.4 is 10.5 Å². The first-order valence-electron chi connectivity index (χ1n) is 6.46. The monoisotopic (exact) mass is 388 g/mol. The van der Waals surface area contributed by atoms with E-state index < -0.39 is 10.0 Å². The number of primary sulfonamides is 1. The molecule has 2 rings (SSSR count). The normalized spacial score (nSPS) is 13.3. The summed E-state index contributed by atoms with van der Waals surface area (Å²) in [4.78, 5) is 1.47. The van der Waals surface area contributed by atoms with Gasteiger partial charge in [-0.2, -0.15) is 0 Å². The van der Waals surface area contributed by atoms with Crippen LogP contribution in [-0.4, -0.2) is 15.0 Å². The van der Waals surface area contributed by atoms with Crippen LogP contribution in [0.15, 0.2) is 45.1 Å². The van der Waals surface area contributed by atoms with Crippen LogP contribution in [0.25, 0.3) is 0 Å². The molecule has 0 bridgehead atoms. The van der Waals surface area contributed by atoms with Gasteiger partial charge in [0.25, 0.3) is 0 Å². The molecule has 1 unspecified atom stereocenters. The lowest BCUT2D eigenvalue weighted by atomic mass is 10.1. The summed E-state index contributed by atoms with van der Waals surface area (Å²) in [7, 11) is -3.62. The number of nitrogens with one attached hydrogen (secondary N) is 1. The van der Waals surface area contributed by atoms with E-state index in [1.54, 1.807) is 35.6 Å². The number of benzene rings is 1. The van der Waals surface area contributed by atoms with Crippen molar-refractivity contribution >= 4 is 37.3 Å². The molecule has 2 aromatic rings. The summed E-state index contributed by atoms with van der Waals surface area (Å²) in [5.41, 5.74) is 1.04. The molecule has 0 spiro atoms. The van der Waals surface area contributed by atoms with Crippen LogP contribution in [-0.2, 0) is 16.4 Å². The van der Waals surface area contributed by atoms with E-state index in [0.29, 0.717) is 0 Å². The summed E-state index contributed by atoms with van der Waals surface area (Å²) in [6.45, 7) is 2.92. The van der Waals surface area contributed by atoms with E-state index in [1.165, 1.54) is 4.88 Å². The minimum absolute atomic E-state index is 0.141. The minimum atomic E-state index is -3.62. The van der Waals surface area contributed by atoms with Gasteiger partial charge in [0.05, 0.1) is 8.68 Å². The maximum atomic E-state index is 11.2. The second kappa shape index (κ2) is 7.02. The van der Waals surface area contributed by atoms with E-state index in [0.717, 1.165) is 22.3 Å². The van der Waals surface area contributed by atoms with Crippen molar-refractivity contribution in [3.05, 3.63) is 50.6 Å². The highest BCUT2D eigenvalue weighted by Crippen LogP contribution is 2.22. The van der Waals surface area contributed by atoms with Crippen LogP contribution in [0.4, 0.5) is 0 Å². The number of hydrogen-bond acceptors (Lipinski definition) is 4. The molecule has 21 heavy (non-hydrogen) atoms. The van der Waals surface area contributed by atoms with Crippen LogP contribution >= 0.6 is 27.3 Å². The van der Waals surface area contributed by atoms with Gasteiger partial charge >= 0.3 is 0 Å². The highest BCUT2D eigenvalue weighted by Gasteiger charge is 2.09. The van der Waals surface area contributed by atoms with Gasteiger partial charge < -0.3 is 5.32 Å². The quantitative estimate of drug-likeness (QED) is 0.798. The van der Waals surface area contributed by atoms with Crippen molar-refractivity contribution in [2.75, 3.05) is 6.54 Å². The van der Waals surface area contributed by atoms with E-state index in [-0.39, 0.29) is 10.9 Å². The molecule has 0 amide bonds. The standard InChI is InChI=1S/C14H17BrN2O2S2/c1-10(17-9-8-12-4-7-14(15)20-12)11-2-5-13(6-3-11)21(16,18)19/h2-7,10,17H,8-9H2,1H3,(H2,16,18,19). The number of sulfonamides is 1. The predicted octanol–water partition coefficient (Wildman–Crippen LogP) is 3.05. The van der Waals surface area contributed by atoms with E-state index in [2.05, 4.69) is 40.3 Å². The summed E-state index contributed by atoms with van der Waals surface area (Å²) >= 11 is 5.19. The molecule has 7 heteroatoms. The van der Waals surface area contributed by atoms with Crippen LogP contribution in [0.3, 0.4) is 0 Å².